The van der Waals surface area contributed by atoms with E-state index in [0.29, 0.717) is 43.3 Å². The number of hydrogen-bond donors (Lipinski definition) is 0. The maximum atomic E-state index is 13.4. The van der Waals surface area contributed by atoms with Gasteiger partial charge in [-0.1, -0.05) is 23.8 Å². The highest BCUT2D eigenvalue weighted by atomic mass is 16.5. The van der Waals surface area contributed by atoms with Crippen molar-refractivity contribution in [1.29, 1.82) is 0 Å². The summed E-state index contributed by atoms with van der Waals surface area (Å²) in [6.07, 6.45) is 0. The average molecular weight is 475 g/mol. The molecule has 1 heterocycles. The zero-order valence-corrected chi connectivity index (χ0v) is 20.5. The Morgan fingerprint density at radius 1 is 0.971 bits per heavy atom. The summed E-state index contributed by atoms with van der Waals surface area (Å²) in [5, 5.41) is 0. The fourth-order valence-corrected chi connectivity index (χ4v) is 4.12. The summed E-state index contributed by atoms with van der Waals surface area (Å²) in [6, 6.07) is 18.9. The van der Waals surface area contributed by atoms with Crippen LogP contribution in [0.3, 0.4) is 0 Å². The average Bonchev–Trinajstić information content (AvgIpc) is 3.09. The number of benzene rings is 3. The van der Waals surface area contributed by atoms with Crippen molar-refractivity contribution in [1.82, 2.24) is 4.90 Å². The SMILES string of the molecule is COc1cc(OC)cc(C(=O)N2CCOc3ccc(CN(C(C)=O)c4ccc(C)cc4)cc3C2)c1. The monoisotopic (exact) mass is 474 g/mol. The van der Waals surface area contributed by atoms with Gasteiger partial charge in [-0.25, -0.2) is 0 Å². The normalized spacial score (nSPS) is 12.7. The van der Waals surface area contributed by atoms with Gasteiger partial charge in [0.15, 0.2) is 0 Å². The van der Waals surface area contributed by atoms with Crippen molar-refractivity contribution in [2.45, 2.75) is 26.9 Å². The molecule has 0 saturated heterocycles. The van der Waals surface area contributed by atoms with E-state index in [-0.39, 0.29) is 11.8 Å². The molecule has 2 amide bonds. The summed E-state index contributed by atoms with van der Waals surface area (Å²) >= 11 is 0. The molecule has 35 heavy (non-hydrogen) atoms. The third-order valence-electron chi connectivity index (χ3n) is 6.06. The Balaban J connectivity index is 1.58. The number of fused-ring (bicyclic) bond motifs is 1. The molecule has 0 N–H and O–H groups in total. The fourth-order valence-electron chi connectivity index (χ4n) is 4.12. The maximum Gasteiger partial charge on any atom is 0.254 e. The molecule has 7 heteroatoms. The highest BCUT2D eigenvalue weighted by Gasteiger charge is 2.23. The highest BCUT2D eigenvalue weighted by molar-refractivity contribution is 5.95. The number of aryl methyl sites for hydroxylation is 1. The molecular formula is C28H30N2O5. The van der Waals surface area contributed by atoms with Crippen LogP contribution in [0.2, 0.25) is 0 Å². The first-order valence-corrected chi connectivity index (χ1v) is 11.5. The number of amides is 2. The van der Waals surface area contributed by atoms with Crippen LogP contribution in [-0.4, -0.2) is 44.1 Å². The van der Waals surface area contributed by atoms with Crippen LogP contribution in [0.4, 0.5) is 5.69 Å². The zero-order chi connectivity index (χ0) is 24.9. The van der Waals surface area contributed by atoms with E-state index in [0.717, 1.165) is 28.1 Å². The highest BCUT2D eigenvalue weighted by Crippen LogP contribution is 2.29. The Hall–Kier alpha value is -4.00. The van der Waals surface area contributed by atoms with Gasteiger partial charge < -0.3 is 24.0 Å². The van der Waals surface area contributed by atoms with E-state index in [1.54, 1.807) is 49.1 Å². The second-order valence-electron chi connectivity index (χ2n) is 8.56. The van der Waals surface area contributed by atoms with Crippen molar-refractivity contribution >= 4 is 17.5 Å². The van der Waals surface area contributed by atoms with E-state index in [1.165, 1.54) is 0 Å². The first-order valence-electron chi connectivity index (χ1n) is 11.5. The van der Waals surface area contributed by atoms with Gasteiger partial charge in [0.25, 0.3) is 5.91 Å². The van der Waals surface area contributed by atoms with Crippen LogP contribution in [0.15, 0.2) is 60.7 Å². The third kappa shape index (κ3) is 5.57. The molecule has 1 aliphatic rings. The van der Waals surface area contributed by atoms with Crippen molar-refractivity contribution in [3.63, 3.8) is 0 Å². The molecule has 0 unspecified atom stereocenters. The largest absolute Gasteiger partial charge is 0.497 e. The van der Waals surface area contributed by atoms with E-state index < -0.39 is 0 Å². The summed E-state index contributed by atoms with van der Waals surface area (Å²) in [4.78, 5) is 29.3. The lowest BCUT2D eigenvalue weighted by molar-refractivity contribution is -0.116. The van der Waals surface area contributed by atoms with Crippen molar-refractivity contribution in [2.75, 3.05) is 32.3 Å². The lowest BCUT2D eigenvalue weighted by atomic mass is 10.1. The lowest BCUT2D eigenvalue weighted by Crippen LogP contribution is -2.32. The number of ether oxygens (including phenoxy) is 3. The molecule has 1 aliphatic heterocycles. The van der Waals surface area contributed by atoms with Crippen LogP contribution in [0.1, 0.15) is 34.0 Å². The van der Waals surface area contributed by atoms with Crippen molar-refractivity contribution in [2.24, 2.45) is 0 Å². The summed E-state index contributed by atoms with van der Waals surface area (Å²) in [6.45, 7) is 5.24. The molecule has 0 bridgehead atoms. The third-order valence-corrected chi connectivity index (χ3v) is 6.06. The van der Waals surface area contributed by atoms with Crippen LogP contribution < -0.4 is 19.1 Å². The Morgan fingerprint density at radius 3 is 2.29 bits per heavy atom. The minimum atomic E-state index is -0.130. The van der Waals surface area contributed by atoms with Gasteiger partial charge in [-0.05, 0) is 48.9 Å². The molecule has 0 saturated carbocycles. The minimum absolute atomic E-state index is 0.0381. The molecule has 3 aromatic carbocycles. The first kappa shape index (κ1) is 24.1. The molecular weight excluding hydrogens is 444 g/mol. The maximum absolute atomic E-state index is 13.4. The van der Waals surface area contributed by atoms with Crippen LogP contribution in [0.5, 0.6) is 17.2 Å². The van der Waals surface area contributed by atoms with Gasteiger partial charge in [0.1, 0.15) is 23.9 Å². The van der Waals surface area contributed by atoms with E-state index in [1.807, 2.05) is 49.4 Å². The predicted molar refractivity (Wildman–Crippen MR) is 134 cm³/mol. The minimum Gasteiger partial charge on any atom is -0.497 e. The van der Waals surface area contributed by atoms with Crippen molar-refractivity contribution in [3.05, 3.63) is 82.9 Å². The molecule has 0 aromatic heterocycles. The number of nitrogens with zero attached hydrogens (tertiary/aromatic N) is 2. The van der Waals surface area contributed by atoms with Crippen LogP contribution in [0, 0.1) is 6.92 Å². The number of methoxy groups -OCH3 is 2. The molecule has 0 radical (unpaired) electrons. The molecule has 182 valence electrons. The predicted octanol–water partition coefficient (Wildman–Crippen LogP) is 4.60. The van der Waals surface area contributed by atoms with Gasteiger partial charge >= 0.3 is 0 Å². The fraction of sp³-hybridized carbons (Fsp3) is 0.286. The molecule has 0 fully saturated rings. The summed E-state index contributed by atoms with van der Waals surface area (Å²) in [7, 11) is 3.11. The Kier molecular flexibility index (Phi) is 7.25. The van der Waals surface area contributed by atoms with Gasteiger partial charge in [-0.2, -0.15) is 0 Å². The van der Waals surface area contributed by atoms with Crippen molar-refractivity contribution in [3.8, 4) is 17.2 Å². The molecule has 4 rings (SSSR count). The van der Waals surface area contributed by atoms with Gasteiger partial charge in [0.05, 0.1) is 27.3 Å². The quantitative estimate of drug-likeness (QED) is 0.522. The number of carbonyl (C=O) groups is 2. The van der Waals surface area contributed by atoms with E-state index in [4.69, 9.17) is 14.2 Å². The number of hydrogen-bond acceptors (Lipinski definition) is 5. The van der Waals surface area contributed by atoms with E-state index >= 15 is 0 Å². The van der Waals surface area contributed by atoms with E-state index in [9.17, 15) is 9.59 Å². The second-order valence-corrected chi connectivity index (χ2v) is 8.56. The molecule has 0 aliphatic carbocycles. The van der Waals surface area contributed by atoms with Gasteiger partial charge in [0, 0.05) is 36.3 Å². The number of carbonyl (C=O) groups excluding carboxylic acids is 2. The molecule has 3 aromatic rings. The second kappa shape index (κ2) is 10.5. The van der Waals surface area contributed by atoms with Crippen LogP contribution >= 0.6 is 0 Å². The van der Waals surface area contributed by atoms with Gasteiger partial charge in [0.2, 0.25) is 5.91 Å². The smallest absolute Gasteiger partial charge is 0.254 e. The molecule has 0 spiro atoms. The molecule has 7 nitrogen and oxygen atoms in total. The Bertz CT molecular complexity index is 1200. The standard InChI is InChI=1S/C28H30N2O5/c1-19-5-8-24(9-6-19)30(20(2)31)17-21-7-10-27-23(13-21)18-29(11-12-35-27)28(32)22-14-25(33-3)16-26(15-22)34-4/h5-10,13-16H,11-12,17-18H2,1-4H3. The Labute approximate surface area is 205 Å². The van der Waals surface area contributed by atoms with E-state index in [2.05, 4.69) is 0 Å². The summed E-state index contributed by atoms with van der Waals surface area (Å²) < 4.78 is 16.6. The lowest BCUT2D eigenvalue weighted by Gasteiger charge is -2.23. The number of anilines is 1. The summed E-state index contributed by atoms with van der Waals surface area (Å²) in [5.74, 6) is 1.69. The van der Waals surface area contributed by atoms with Crippen LogP contribution in [0.25, 0.3) is 0 Å². The first-order chi connectivity index (χ1) is 16.9. The zero-order valence-electron chi connectivity index (χ0n) is 20.5. The Morgan fingerprint density at radius 2 is 1.66 bits per heavy atom. The molecule has 0 atom stereocenters. The summed E-state index contributed by atoms with van der Waals surface area (Å²) in [5.41, 5.74) is 4.33. The van der Waals surface area contributed by atoms with Gasteiger partial charge in [-0.15, -0.1) is 0 Å². The van der Waals surface area contributed by atoms with Crippen LogP contribution in [-0.2, 0) is 17.9 Å². The number of rotatable bonds is 6. The topological polar surface area (TPSA) is 68.3 Å². The van der Waals surface area contributed by atoms with Crippen molar-refractivity contribution < 1.29 is 23.8 Å². The van der Waals surface area contributed by atoms with Gasteiger partial charge in [-0.3, -0.25) is 9.59 Å².